The number of hydrogen-bond acceptors (Lipinski definition) is 4. The fourth-order valence-electron chi connectivity index (χ4n) is 5.11. The van der Waals surface area contributed by atoms with Crippen molar-refractivity contribution in [2.24, 2.45) is 5.41 Å². The van der Waals surface area contributed by atoms with E-state index in [0.717, 1.165) is 69.5 Å². The lowest BCUT2D eigenvalue weighted by Gasteiger charge is -2.41. The van der Waals surface area contributed by atoms with Gasteiger partial charge in [0.1, 0.15) is 5.82 Å². The molecule has 3 fully saturated rings. The second kappa shape index (κ2) is 7.12. The van der Waals surface area contributed by atoms with Gasteiger partial charge >= 0.3 is 0 Å². The van der Waals surface area contributed by atoms with E-state index in [2.05, 4.69) is 19.6 Å². The van der Waals surface area contributed by atoms with Crippen molar-refractivity contribution in [3.63, 3.8) is 0 Å². The molecule has 3 heterocycles. The molecule has 27 heavy (non-hydrogen) atoms. The zero-order chi connectivity index (χ0) is 19.0. The maximum absolute atomic E-state index is 13.4. The van der Waals surface area contributed by atoms with E-state index >= 15 is 0 Å². The molecule has 2 aliphatic heterocycles. The van der Waals surface area contributed by atoms with Crippen LogP contribution in [0, 0.1) is 18.9 Å². The number of nitrogens with zero attached hydrogens (tertiary/aromatic N) is 4. The third-order valence-corrected chi connectivity index (χ3v) is 6.64. The summed E-state index contributed by atoms with van der Waals surface area (Å²) in [6, 6.07) is 3.99. The largest absolute Gasteiger partial charge is 0.393 e. The van der Waals surface area contributed by atoms with Crippen molar-refractivity contribution in [2.45, 2.75) is 64.0 Å². The molecule has 1 N–H and O–H groups in total. The summed E-state index contributed by atoms with van der Waals surface area (Å²) in [5.41, 5.74) is 1.14. The van der Waals surface area contributed by atoms with E-state index in [-0.39, 0.29) is 23.5 Å². The number of pyridine rings is 1. The first kappa shape index (κ1) is 18.2. The zero-order valence-corrected chi connectivity index (χ0v) is 16.0. The molecule has 1 aromatic rings. The lowest BCUT2D eigenvalue weighted by molar-refractivity contribution is -0.139. The molecule has 4 rings (SSSR count). The highest BCUT2D eigenvalue weighted by atomic mass is 16.3. The number of aromatic nitrogens is 1. The summed E-state index contributed by atoms with van der Waals surface area (Å²) < 4.78 is 0. The van der Waals surface area contributed by atoms with Crippen molar-refractivity contribution in [2.75, 3.05) is 24.5 Å². The topological polar surface area (TPSA) is 61.0 Å². The molecule has 0 unspecified atom stereocenters. The van der Waals surface area contributed by atoms with E-state index in [0.29, 0.717) is 12.2 Å². The molecule has 1 aliphatic carbocycles. The van der Waals surface area contributed by atoms with Gasteiger partial charge in [-0.05, 0) is 51.9 Å². The number of anilines is 1. The second-order valence-electron chi connectivity index (χ2n) is 8.42. The second-order valence-corrected chi connectivity index (χ2v) is 8.42. The van der Waals surface area contributed by atoms with Crippen LogP contribution in [0.2, 0.25) is 0 Å². The Bertz CT molecular complexity index is 766. The van der Waals surface area contributed by atoms with Crippen molar-refractivity contribution in [3.05, 3.63) is 29.2 Å². The predicted octanol–water partition coefficient (Wildman–Crippen LogP) is 3.06. The number of amides is 1. The number of aliphatic hydroxyl groups is 1. The van der Waals surface area contributed by atoms with Gasteiger partial charge in [0, 0.05) is 31.4 Å². The van der Waals surface area contributed by atoms with Crippen molar-refractivity contribution in [1.82, 2.24) is 9.88 Å². The molecule has 0 radical (unpaired) electrons. The summed E-state index contributed by atoms with van der Waals surface area (Å²) in [4.78, 5) is 25.9. The molecule has 2 saturated heterocycles. The van der Waals surface area contributed by atoms with Gasteiger partial charge in [0.2, 0.25) is 11.6 Å². The Labute approximate surface area is 161 Å². The first-order valence-corrected chi connectivity index (χ1v) is 10.1. The van der Waals surface area contributed by atoms with Crippen LogP contribution in [0.5, 0.6) is 0 Å². The summed E-state index contributed by atoms with van der Waals surface area (Å²) in [5, 5.41) is 9.77. The Morgan fingerprint density at radius 3 is 2.74 bits per heavy atom. The van der Waals surface area contributed by atoms with Gasteiger partial charge in [-0.15, -0.1) is 0 Å². The van der Waals surface area contributed by atoms with Crippen LogP contribution in [0.15, 0.2) is 12.1 Å². The predicted molar refractivity (Wildman–Crippen MR) is 104 cm³/mol. The Hall–Kier alpha value is -2.13. The summed E-state index contributed by atoms with van der Waals surface area (Å²) in [6.07, 6.45) is 5.99. The molecule has 3 aliphatic rings. The number of aryl methyl sites for hydroxylation is 1. The molecule has 0 bridgehead atoms. The molecular weight excluding hydrogens is 340 g/mol. The molecule has 1 saturated carbocycles. The average Bonchev–Trinajstić information content (AvgIpc) is 2.98. The van der Waals surface area contributed by atoms with Crippen LogP contribution in [0.25, 0.3) is 4.85 Å². The number of likely N-dealkylation sites (tertiary alicyclic amines) is 1. The van der Waals surface area contributed by atoms with Crippen LogP contribution >= 0.6 is 0 Å². The molecular formula is C21H28N4O2. The fourth-order valence-corrected chi connectivity index (χ4v) is 5.11. The van der Waals surface area contributed by atoms with Crippen LogP contribution < -0.4 is 4.90 Å². The van der Waals surface area contributed by atoms with Gasteiger partial charge in [0.25, 0.3) is 0 Å². The summed E-state index contributed by atoms with van der Waals surface area (Å²) in [5.74, 6) is 1.02. The number of carbonyl (C=O) groups excluding carboxylic acids is 1. The van der Waals surface area contributed by atoms with Crippen LogP contribution in [-0.2, 0) is 4.79 Å². The average molecular weight is 368 g/mol. The zero-order valence-electron chi connectivity index (χ0n) is 16.0. The highest BCUT2D eigenvalue weighted by Gasteiger charge is 2.50. The van der Waals surface area contributed by atoms with Gasteiger partial charge in [-0.1, -0.05) is 12.1 Å². The molecule has 1 aromatic heterocycles. The SMILES string of the molecule is [C-]#[N+]c1ccc(C)nc1N1CCC[C@]2(CCN(C3CCC(O)CC3)C2=O)C1. The Morgan fingerprint density at radius 1 is 1.22 bits per heavy atom. The van der Waals surface area contributed by atoms with E-state index in [1.54, 1.807) is 0 Å². The maximum atomic E-state index is 13.4. The molecule has 1 amide bonds. The summed E-state index contributed by atoms with van der Waals surface area (Å²) >= 11 is 0. The van der Waals surface area contributed by atoms with Gasteiger partial charge in [-0.3, -0.25) is 4.79 Å². The van der Waals surface area contributed by atoms with Gasteiger partial charge < -0.3 is 14.9 Å². The fraction of sp³-hybridized carbons (Fsp3) is 0.667. The van der Waals surface area contributed by atoms with Crippen molar-refractivity contribution >= 4 is 17.4 Å². The van der Waals surface area contributed by atoms with Crippen molar-refractivity contribution in [3.8, 4) is 0 Å². The highest BCUT2D eigenvalue weighted by molar-refractivity contribution is 5.86. The van der Waals surface area contributed by atoms with E-state index in [1.807, 2.05) is 19.1 Å². The third kappa shape index (κ3) is 3.29. The van der Waals surface area contributed by atoms with Gasteiger partial charge in [-0.2, -0.15) is 0 Å². The van der Waals surface area contributed by atoms with Crippen LogP contribution in [0.4, 0.5) is 11.5 Å². The normalized spacial score (nSPS) is 31.4. The van der Waals surface area contributed by atoms with Gasteiger partial charge in [-0.25, -0.2) is 9.83 Å². The number of hydrogen-bond donors (Lipinski definition) is 1. The minimum Gasteiger partial charge on any atom is -0.393 e. The molecule has 6 heteroatoms. The minimum atomic E-state index is -0.334. The first-order chi connectivity index (χ1) is 13.0. The molecule has 144 valence electrons. The van der Waals surface area contributed by atoms with E-state index in [4.69, 9.17) is 6.57 Å². The lowest BCUT2D eigenvalue weighted by atomic mass is 9.78. The van der Waals surface area contributed by atoms with Crippen LogP contribution in [0.1, 0.15) is 50.6 Å². The Kier molecular flexibility index (Phi) is 4.81. The Morgan fingerprint density at radius 2 is 2.00 bits per heavy atom. The minimum absolute atomic E-state index is 0.197. The number of rotatable bonds is 2. The monoisotopic (exact) mass is 368 g/mol. The third-order valence-electron chi connectivity index (χ3n) is 6.64. The standard InChI is InChI=1S/C21H28N4O2/c1-15-4-9-18(22-2)19(23-15)24-12-3-10-21(14-24)11-13-25(20(21)27)16-5-7-17(26)8-6-16/h4,9,16-17,26H,3,5-8,10-14H2,1H3/t16?,17?,21-/m0/s1. The Balaban J connectivity index is 1.54. The van der Waals surface area contributed by atoms with Crippen molar-refractivity contribution < 1.29 is 9.90 Å². The first-order valence-electron chi connectivity index (χ1n) is 10.1. The van der Waals surface area contributed by atoms with Gasteiger partial charge in [0.05, 0.1) is 18.1 Å². The highest BCUT2D eigenvalue weighted by Crippen LogP contribution is 2.44. The lowest BCUT2D eigenvalue weighted by Crippen LogP contribution is -2.50. The maximum Gasteiger partial charge on any atom is 0.230 e. The van der Waals surface area contributed by atoms with Crippen molar-refractivity contribution in [1.29, 1.82) is 0 Å². The molecule has 1 spiro atoms. The van der Waals surface area contributed by atoms with E-state index in [9.17, 15) is 9.90 Å². The molecule has 6 nitrogen and oxygen atoms in total. The summed E-state index contributed by atoms with van der Waals surface area (Å²) in [7, 11) is 0. The molecule has 0 aromatic carbocycles. The number of aliphatic hydroxyl groups excluding tert-OH is 1. The van der Waals surface area contributed by atoms with Gasteiger partial charge in [0.15, 0.2) is 0 Å². The summed E-state index contributed by atoms with van der Waals surface area (Å²) in [6.45, 7) is 11.7. The van der Waals surface area contributed by atoms with Crippen LogP contribution in [0.3, 0.4) is 0 Å². The smallest absolute Gasteiger partial charge is 0.230 e. The molecule has 1 atom stereocenters. The number of carbonyl (C=O) groups is 1. The van der Waals surface area contributed by atoms with E-state index < -0.39 is 0 Å². The quantitative estimate of drug-likeness (QED) is 0.815. The van der Waals surface area contributed by atoms with Crippen LogP contribution in [-0.4, -0.2) is 52.7 Å². The van der Waals surface area contributed by atoms with E-state index in [1.165, 1.54) is 0 Å². The number of piperidine rings is 1.